The lowest BCUT2D eigenvalue weighted by Gasteiger charge is -2.28. The molecule has 1 unspecified atom stereocenters. The van der Waals surface area contributed by atoms with Crippen molar-refractivity contribution >= 4 is 5.91 Å². The first-order chi connectivity index (χ1) is 12.3. The van der Waals surface area contributed by atoms with Crippen LogP contribution in [0.4, 0.5) is 0 Å². The largest absolute Gasteiger partial charge is 0.507 e. The summed E-state index contributed by atoms with van der Waals surface area (Å²) in [7, 11) is 0. The molecule has 0 aliphatic carbocycles. The molecular weight excluding hydrogens is 336 g/mol. The zero-order valence-corrected chi connectivity index (χ0v) is 18.3. The van der Waals surface area contributed by atoms with Crippen molar-refractivity contribution in [2.75, 3.05) is 13.1 Å². The van der Waals surface area contributed by atoms with Crippen molar-refractivity contribution in [2.45, 2.75) is 79.1 Å². The second-order valence-electron chi connectivity index (χ2n) is 9.50. The van der Waals surface area contributed by atoms with Crippen LogP contribution in [0.25, 0.3) is 0 Å². The number of hydrogen-bond acceptors (Lipinski definition) is 3. The quantitative estimate of drug-likeness (QED) is 0.770. The number of aryl methyl sites for hydroxylation is 1. The summed E-state index contributed by atoms with van der Waals surface area (Å²) in [6.45, 7) is 17.4. The summed E-state index contributed by atoms with van der Waals surface area (Å²) in [5.74, 6) is 0.271. The monoisotopic (exact) mass is 372 g/mol. The molecule has 4 nitrogen and oxygen atoms in total. The maximum atomic E-state index is 12.6. The van der Waals surface area contributed by atoms with E-state index in [-0.39, 0.29) is 22.7 Å². The highest BCUT2D eigenvalue weighted by Crippen LogP contribution is 2.40. The normalized spacial score (nSPS) is 13.1. The van der Waals surface area contributed by atoms with Gasteiger partial charge in [-0.2, -0.15) is 5.26 Å². The van der Waals surface area contributed by atoms with Gasteiger partial charge in [-0.05, 0) is 47.8 Å². The van der Waals surface area contributed by atoms with Crippen molar-refractivity contribution in [3.8, 4) is 11.8 Å². The van der Waals surface area contributed by atoms with Crippen LogP contribution >= 0.6 is 0 Å². The molecule has 1 rings (SSSR count). The number of phenols is 1. The Kier molecular flexibility index (Phi) is 7.48. The summed E-state index contributed by atoms with van der Waals surface area (Å²) in [6.07, 6.45) is 1.03. The number of nitrogens with zero attached hydrogens (tertiary/aromatic N) is 2. The molecule has 0 saturated carbocycles. The van der Waals surface area contributed by atoms with Crippen molar-refractivity contribution in [1.82, 2.24) is 4.90 Å². The van der Waals surface area contributed by atoms with Crippen molar-refractivity contribution in [1.29, 1.82) is 5.26 Å². The number of carbonyl (C=O) groups excluding carboxylic acids is 1. The van der Waals surface area contributed by atoms with E-state index in [0.717, 1.165) is 16.7 Å². The molecule has 1 N–H and O–H groups in total. The smallest absolute Gasteiger partial charge is 0.222 e. The molecule has 1 atom stereocenters. The van der Waals surface area contributed by atoms with Crippen molar-refractivity contribution < 1.29 is 9.90 Å². The summed E-state index contributed by atoms with van der Waals surface area (Å²) in [6, 6.07) is 6.26. The van der Waals surface area contributed by atoms with E-state index in [0.29, 0.717) is 31.7 Å². The Hall–Kier alpha value is -2.02. The van der Waals surface area contributed by atoms with Crippen LogP contribution in [0.1, 0.15) is 78.5 Å². The number of rotatable bonds is 6. The maximum Gasteiger partial charge on any atom is 0.222 e. The van der Waals surface area contributed by atoms with E-state index < -0.39 is 0 Å². The third kappa shape index (κ3) is 6.27. The second kappa shape index (κ2) is 8.78. The van der Waals surface area contributed by atoms with Crippen molar-refractivity contribution in [2.24, 2.45) is 5.92 Å². The van der Waals surface area contributed by atoms with Crippen molar-refractivity contribution in [3.05, 3.63) is 28.8 Å². The number of phenolic OH excluding ortho intramolecular Hbond substituents is 1. The summed E-state index contributed by atoms with van der Waals surface area (Å²) in [5, 5.41) is 19.8. The van der Waals surface area contributed by atoms with E-state index in [4.69, 9.17) is 5.26 Å². The molecule has 0 aliphatic rings. The van der Waals surface area contributed by atoms with E-state index in [1.807, 2.05) is 26.0 Å². The third-order valence-corrected chi connectivity index (χ3v) is 4.86. The molecule has 0 fully saturated rings. The zero-order valence-electron chi connectivity index (χ0n) is 18.3. The Morgan fingerprint density at radius 3 is 2.00 bits per heavy atom. The van der Waals surface area contributed by atoms with Gasteiger partial charge in [-0.15, -0.1) is 0 Å². The van der Waals surface area contributed by atoms with E-state index >= 15 is 0 Å². The average molecular weight is 373 g/mol. The molecule has 0 aliphatic heterocycles. The lowest BCUT2D eigenvalue weighted by molar-refractivity contribution is -0.131. The topological polar surface area (TPSA) is 64.3 Å². The van der Waals surface area contributed by atoms with Gasteiger partial charge in [0.05, 0.1) is 12.0 Å². The highest BCUT2D eigenvalue weighted by atomic mass is 16.3. The fourth-order valence-electron chi connectivity index (χ4n) is 3.17. The van der Waals surface area contributed by atoms with Gasteiger partial charge in [-0.1, -0.05) is 53.7 Å². The van der Waals surface area contributed by atoms with Gasteiger partial charge >= 0.3 is 0 Å². The molecule has 1 amide bonds. The fraction of sp³-hybridized carbons (Fsp3) is 0.652. The Balaban J connectivity index is 3.10. The van der Waals surface area contributed by atoms with Gasteiger partial charge < -0.3 is 10.0 Å². The molecule has 0 saturated heterocycles. The predicted octanol–water partition coefficient (Wildman–Crippen LogP) is 4.93. The van der Waals surface area contributed by atoms with Gasteiger partial charge in [0.25, 0.3) is 0 Å². The summed E-state index contributed by atoms with van der Waals surface area (Å²) < 4.78 is 0. The number of hydrogen-bond donors (Lipinski definition) is 1. The number of aromatic hydroxyl groups is 1. The number of benzene rings is 1. The van der Waals surface area contributed by atoms with Crippen LogP contribution in [-0.2, 0) is 22.0 Å². The second-order valence-corrected chi connectivity index (χ2v) is 9.50. The van der Waals surface area contributed by atoms with Crippen LogP contribution in [-0.4, -0.2) is 29.0 Å². The zero-order chi connectivity index (χ0) is 21.0. The molecule has 0 radical (unpaired) electrons. The lowest BCUT2D eigenvalue weighted by Crippen LogP contribution is -2.34. The molecule has 4 heteroatoms. The Bertz CT molecular complexity index is 668. The molecule has 1 aromatic carbocycles. The van der Waals surface area contributed by atoms with Crippen LogP contribution in [0.2, 0.25) is 0 Å². The van der Waals surface area contributed by atoms with Gasteiger partial charge in [0.2, 0.25) is 5.91 Å². The van der Waals surface area contributed by atoms with Crippen molar-refractivity contribution in [3.63, 3.8) is 0 Å². The average Bonchev–Trinajstić information content (AvgIpc) is 2.55. The fourth-order valence-corrected chi connectivity index (χ4v) is 3.17. The first-order valence-corrected chi connectivity index (χ1v) is 9.85. The van der Waals surface area contributed by atoms with Crippen LogP contribution < -0.4 is 0 Å². The minimum atomic E-state index is -0.179. The molecule has 150 valence electrons. The standard InChI is InChI=1S/C23H36N2O2/c1-9-25(15-16(2)14-24)20(26)11-10-17-12-18(22(3,4)5)21(27)19(13-17)23(6,7)8/h12-13,16,27H,9-11,15H2,1-8H3. The SMILES string of the molecule is CCN(CC(C)C#N)C(=O)CCc1cc(C(C)(C)C)c(O)c(C(C)(C)C)c1. The summed E-state index contributed by atoms with van der Waals surface area (Å²) in [5.41, 5.74) is 2.55. The highest BCUT2D eigenvalue weighted by Gasteiger charge is 2.26. The number of nitriles is 1. The Morgan fingerprint density at radius 2 is 1.63 bits per heavy atom. The Labute approximate surface area is 165 Å². The van der Waals surface area contributed by atoms with Gasteiger partial charge in [0.15, 0.2) is 0 Å². The summed E-state index contributed by atoms with van der Waals surface area (Å²) >= 11 is 0. The molecule has 0 spiro atoms. The first-order valence-electron chi connectivity index (χ1n) is 9.85. The van der Waals surface area contributed by atoms with Crippen LogP contribution in [0.3, 0.4) is 0 Å². The minimum absolute atomic E-state index is 0.0716. The maximum absolute atomic E-state index is 12.6. The van der Waals surface area contributed by atoms with Gasteiger partial charge in [-0.3, -0.25) is 4.79 Å². The Morgan fingerprint density at radius 1 is 1.15 bits per heavy atom. The summed E-state index contributed by atoms with van der Waals surface area (Å²) in [4.78, 5) is 14.4. The van der Waals surface area contributed by atoms with Crippen LogP contribution in [0.15, 0.2) is 12.1 Å². The van der Waals surface area contributed by atoms with Gasteiger partial charge in [0, 0.05) is 19.5 Å². The number of carbonyl (C=O) groups is 1. The highest BCUT2D eigenvalue weighted by molar-refractivity contribution is 5.76. The lowest BCUT2D eigenvalue weighted by atomic mass is 9.78. The third-order valence-electron chi connectivity index (χ3n) is 4.86. The van der Waals surface area contributed by atoms with E-state index in [1.54, 1.807) is 4.90 Å². The molecular formula is C23H36N2O2. The van der Waals surface area contributed by atoms with E-state index in [2.05, 4.69) is 47.6 Å². The predicted molar refractivity (Wildman–Crippen MR) is 111 cm³/mol. The molecule has 0 heterocycles. The number of amides is 1. The van der Waals surface area contributed by atoms with Gasteiger partial charge in [-0.25, -0.2) is 0 Å². The van der Waals surface area contributed by atoms with Crippen LogP contribution in [0, 0.1) is 17.2 Å². The van der Waals surface area contributed by atoms with Crippen LogP contribution in [0.5, 0.6) is 5.75 Å². The molecule has 0 bridgehead atoms. The first kappa shape index (κ1) is 23.0. The van der Waals surface area contributed by atoms with E-state index in [9.17, 15) is 9.90 Å². The molecule has 1 aromatic rings. The van der Waals surface area contributed by atoms with Gasteiger partial charge in [0.1, 0.15) is 5.75 Å². The minimum Gasteiger partial charge on any atom is -0.507 e. The molecule has 0 aromatic heterocycles. The van der Waals surface area contributed by atoms with E-state index in [1.165, 1.54) is 0 Å². The molecule has 27 heavy (non-hydrogen) atoms.